The van der Waals surface area contributed by atoms with Crippen LogP contribution in [0.2, 0.25) is 5.02 Å². The lowest BCUT2D eigenvalue weighted by Gasteiger charge is -2.09. The first kappa shape index (κ1) is 13.7. The Morgan fingerprint density at radius 1 is 1.11 bits per heavy atom. The van der Waals surface area contributed by atoms with Crippen molar-refractivity contribution in [2.45, 2.75) is 4.90 Å². The maximum absolute atomic E-state index is 11.3. The molecule has 0 bridgehead atoms. The number of nitrogens with two attached hydrogens (primary N) is 1. The van der Waals surface area contributed by atoms with E-state index in [2.05, 4.69) is 5.32 Å². The molecule has 0 atom stereocenters. The van der Waals surface area contributed by atoms with Crippen LogP contribution in [0, 0.1) is 0 Å². The third-order valence-corrected chi connectivity index (χ3v) is 4.00. The summed E-state index contributed by atoms with van der Waals surface area (Å²) in [6, 6.07) is 11.6. The number of rotatable bonds is 3. The van der Waals surface area contributed by atoms with Gasteiger partial charge in [0.1, 0.15) is 0 Å². The van der Waals surface area contributed by atoms with Gasteiger partial charge in [0, 0.05) is 17.6 Å². The average molecular weight is 297 g/mol. The van der Waals surface area contributed by atoms with Gasteiger partial charge in [-0.2, -0.15) is 0 Å². The minimum Gasteiger partial charge on any atom is -0.399 e. The van der Waals surface area contributed by atoms with Crippen LogP contribution in [-0.2, 0) is 9.84 Å². The van der Waals surface area contributed by atoms with Crippen LogP contribution >= 0.6 is 11.6 Å². The molecule has 0 fully saturated rings. The molecule has 0 aliphatic carbocycles. The lowest BCUT2D eigenvalue weighted by molar-refractivity contribution is 0.602. The van der Waals surface area contributed by atoms with E-state index in [4.69, 9.17) is 17.3 Å². The molecule has 0 unspecified atom stereocenters. The van der Waals surface area contributed by atoms with E-state index in [0.717, 1.165) is 5.69 Å². The molecule has 0 saturated carbocycles. The predicted octanol–water partition coefficient (Wildman–Crippen LogP) is 3.07. The highest BCUT2D eigenvalue weighted by Gasteiger charge is 2.07. The molecule has 0 heterocycles. The summed E-state index contributed by atoms with van der Waals surface area (Å²) in [7, 11) is -3.18. The molecule has 19 heavy (non-hydrogen) atoms. The summed E-state index contributed by atoms with van der Waals surface area (Å²) in [5.41, 5.74) is 7.66. The van der Waals surface area contributed by atoms with Gasteiger partial charge in [0.05, 0.1) is 15.6 Å². The summed E-state index contributed by atoms with van der Waals surface area (Å²) in [5.74, 6) is 0. The second-order valence-electron chi connectivity index (χ2n) is 4.16. The first-order chi connectivity index (χ1) is 8.86. The van der Waals surface area contributed by atoms with Crippen molar-refractivity contribution in [1.82, 2.24) is 0 Å². The molecule has 3 N–H and O–H groups in total. The van der Waals surface area contributed by atoms with Crippen LogP contribution in [0.15, 0.2) is 47.4 Å². The molecule has 0 aliphatic heterocycles. The quantitative estimate of drug-likeness (QED) is 0.854. The van der Waals surface area contributed by atoms with Gasteiger partial charge in [0.25, 0.3) is 0 Å². The molecule has 6 heteroatoms. The number of halogens is 1. The second-order valence-corrected chi connectivity index (χ2v) is 6.58. The highest BCUT2D eigenvalue weighted by molar-refractivity contribution is 7.90. The summed E-state index contributed by atoms with van der Waals surface area (Å²) < 4.78 is 22.7. The summed E-state index contributed by atoms with van der Waals surface area (Å²) in [6.07, 6.45) is 1.17. The molecule has 0 spiro atoms. The fourth-order valence-electron chi connectivity index (χ4n) is 1.57. The largest absolute Gasteiger partial charge is 0.399 e. The lowest BCUT2D eigenvalue weighted by atomic mass is 10.2. The van der Waals surface area contributed by atoms with Gasteiger partial charge in [-0.15, -0.1) is 0 Å². The molecule has 0 aliphatic rings. The summed E-state index contributed by atoms with van der Waals surface area (Å²) in [6.45, 7) is 0. The maximum Gasteiger partial charge on any atom is 0.175 e. The van der Waals surface area contributed by atoms with Gasteiger partial charge in [-0.1, -0.05) is 11.6 Å². The van der Waals surface area contributed by atoms with E-state index in [1.54, 1.807) is 42.5 Å². The molecule has 0 saturated heterocycles. The Morgan fingerprint density at radius 3 is 2.26 bits per heavy atom. The van der Waals surface area contributed by atoms with Crippen LogP contribution in [0.25, 0.3) is 0 Å². The van der Waals surface area contributed by atoms with E-state index in [-0.39, 0.29) is 4.90 Å². The molecule has 0 radical (unpaired) electrons. The van der Waals surface area contributed by atoms with Crippen molar-refractivity contribution in [3.8, 4) is 0 Å². The number of nitrogen functional groups attached to an aromatic ring is 1. The van der Waals surface area contributed by atoms with Gasteiger partial charge in [-0.3, -0.25) is 0 Å². The molecule has 0 amide bonds. The molecule has 2 aromatic carbocycles. The number of hydrogen-bond donors (Lipinski definition) is 2. The van der Waals surface area contributed by atoms with Crippen molar-refractivity contribution >= 4 is 38.5 Å². The Morgan fingerprint density at radius 2 is 1.74 bits per heavy atom. The van der Waals surface area contributed by atoms with Crippen molar-refractivity contribution in [2.75, 3.05) is 17.3 Å². The molecular weight excluding hydrogens is 284 g/mol. The van der Waals surface area contributed by atoms with E-state index in [1.807, 2.05) is 0 Å². The van der Waals surface area contributed by atoms with E-state index >= 15 is 0 Å². The summed E-state index contributed by atoms with van der Waals surface area (Å²) >= 11 is 6.04. The lowest BCUT2D eigenvalue weighted by Crippen LogP contribution is -1.97. The first-order valence-corrected chi connectivity index (χ1v) is 7.75. The van der Waals surface area contributed by atoms with Gasteiger partial charge < -0.3 is 11.1 Å². The van der Waals surface area contributed by atoms with Crippen LogP contribution in [0.4, 0.5) is 17.1 Å². The molecule has 2 aromatic rings. The van der Waals surface area contributed by atoms with Gasteiger partial charge >= 0.3 is 0 Å². The Labute approximate surface area is 117 Å². The number of anilines is 3. The van der Waals surface area contributed by atoms with Crippen LogP contribution in [0.1, 0.15) is 0 Å². The highest BCUT2D eigenvalue weighted by Crippen LogP contribution is 2.27. The summed E-state index contributed by atoms with van der Waals surface area (Å²) in [4.78, 5) is 0.279. The average Bonchev–Trinajstić information content (AvgIpc) is 2.32. The SMILES string of the molecule is CS(=O)(=O)c1ccc(Nc2ccc(N)cc2Cl)cc1. The zero-order chi connectivity index (χ0) is 14.0. The fraction of sp³-hybridized carbons (Fsp3) is 0.0769. The molecule has 4 nitrogen and oxygen atoms in total. The van der Waals surface area contributed by atoms with Crippen molar-refractivity contribution in [3.05, 3.63) is 47.5 Å². The smallest absolute Gasteiger partial charge is 0.175 e. The fourth-order valence-corrected chi connectivity index (χ4v) is 2.44. The number of sulfone groups is 1. The molecular formula is C13H13ClN2O2S. The van der Waals surface area contributed by atoms with E-state index in [1.165, 1.54) is 6.26 Å². The third kappa shape index (κ3) is 3.39. The van der Waals surface area contributed by atoms with Gasteiger partial charge in [0.2, 0.25) is 0 Å². The zero-order valence-corrected chi connectivity index (χ0v) is 11.8. The monoisotopic (exact) mass is 296 g/mol. The number of hydrogen-bond acceptors (Lipinski definition) is 4. The Bertz CT molecular complexity index is 697. The van der Waals surface area contributed by atoms with Crippen molar-refractivity contribution < 1.29 is 8.42 Å². The normalized spacial score (nSPS) is 11.3. The van der Waals surface area contributed by atoms with E-state index < -0.39 is 9.84 Å². The number of nitrogens with one attached hydrogen (secondary N) is 1. The van der Waals surface area contributed by atoms with Gasteiger partial charge in [-0.05, 0) is 42.5 Å². The van der Waals surface area contributed by atoms with Crippen molar-refractivity contribution in [2.24, 2.45) is 0 Å². The van der Waals surface area contributed by atoms with Crippen LogP contribution in [0.5, 0.6) is 0 Å². The van der Waals surface area contributed by atoms with Gasteiger partial charge in [0.15, 0.2) is 9.84 Å². The standard InChI is InChI=1S/C13H13ClN2O2S/c1-19(17,18)11-5-3-10(4-6-11)16-13-7-2-9(15)8-12(13)14/h2-8,16H,15H2,1H3. The summed E-state index contributed by atoms with van der Waals surface area (Å²) in [5, 5.41) is 3.60. The molecule has 100 valence electrons. The molecule has 0 aromatic heterocycles. The highest BCUT2D eigenvalue weighted by atomic mass is 35.5. The first-order valence-electron chi connectivity index (χ1n) is 5.48. The second kappa shape index (κ2) is 5.11. The third-order valence-electron chi connectivity index (χ3n) is 2.55. The van der Waals surface area contributed by atoms with E-state index in [9.17, 15) is 8.42 Å². The van der Waals surface area contributed by atoms with Crippen molar-refractivity contribution in [3.63, 3.8) is 0 Å². The number of benzene rings is 2. The van der Waals surface area contributed by atoms with Crippen molar-refractivity contribution in [1.29, 1.82) is 0 Å². The minimum absolute atomic E-state index is 0.279. The van der Waals surface area contributed by atoms with Crippen LogP contribution in [-0.4, -0.2) is 14.7 Å². The van der Waals surface area contributed by atoms with E-state index in [0.29, 0.717) is 16.4 Å². The Balaban J connectivity index is 2.25. The van der Waals surface area contributed by atoms with Crippen LogP contribution in [0.3, 0.4) is 0 Å². The topological polar surface area (TPSA) is 72.2 Å². The molecule has 2 rings (SSSR count). The predicted molar refractivity (Wildman–Crippen MR) is 78.7 cm³/mol. The maximum atomic E-state index is 11.3. The Hall–Kier alpha value is -1.72. The Kier molecular flexibility index (Phi) is 3.68. The zero-order valence-electron chi connectivity index (χ0n) is 10.2. The van der Waals surface area contributed by atoms with Gasteiger partial charge in [-0.25, -0.2) is 8.42 Å². The van der Waals surface area contributed by atoms with Crippen LogP contribution < -0.4 is 11.1 Å². The minimum atomic E-state index is -3.18.